The van der Waals surface area contributed by atoms with Crippen molar-refractivity contribution in [3.05, 3.63) is 41.6 Å². The van der Waals surface area contributed by atoms with Gasteiger partial charge in [-0.25, -0.2) is 14.4 Å². The highest BCUT2D eigenvalue weighted by atomic mass is 19.1. The minimum absolute atomic E-state index is 0.0329. The van der Waals surface area contributed by atoms with Gasteiger partial charge in [0.15, 0.2) is 17.4 Å². The molecule has 31 heavy (non-hydrogen) atoms. The molecule has 160 valence electrons. The number of amidine groups is 1. The van der Waals surface area contributed by atoms with Crippen molar-refractivity contribution >= 4 is 41.4 Å². The van der Waals surface area contributed by atoms with E-state index in [0.29, 0.717) is 28.3 Å². The average Bonchev–Trinajstić information content (AvgIpc) is 3.69. The fraction of sp³-hybridized carbons (Fsp3) is 0.318. The summed E-state index contributed by atoms with van der Waals surface area (Å²) in [6, 6.07) is 6.69. The molecule has 2 unspecified atom stereocenters. The minimum atomic E-state index is -1.12. The van der Waals surface area contributed by atoms with Gasteiger partial charge in [-0.05, 0) is 38.1 Å². The van der Waals surface area contributed by atoms with Crippen molar-refractivity contribution in [2.75, 3.05) is 17.7 Å². The lowest BCUT2D eigenvalue weighted by Gasteiger charge is -2.17. The molecule has 2 aliphatic rings. The molecule has 1 heterocycles. The predicted molar refractivity (Wildman–Crippen MR) is 116 cm³/mol. The monoisotopic (exact) mass is 423 g/mol. The Morgan fingerprint density at radius 2 is 2.03 bits per heavy atom. The molecule has 0 saturated heterocycles. The quantitative estimate of drug-likeness (QED) is 0.340. The molecule has 0 bridgehead atoms. The Balaban J connectivity index is 1.69. The number of aromatic nitrogens is 1. The van der Waals surface area contributed by atoms with E-state index in [1.165, 1.54) is 13.3 Å². The summed E-state index contributed by atoms with van der Waals surface area (Å²) in [5.74, 6) is -0.623. The Morgan fingerprint density at radius 1 is 1.29 bits per heavy atom. The molecule has 3 N–H and O–H groups in total. The van der Waals surface area contributed by atoms with Crippen molar-refractivity contribution in [3.8, 4) is 5.75 Å². The lowest BCUT2D eigenvalue weighted by Crippen LogP contribution is -2.17. The largest absolute Gasteiger partial charge is 0.494 e. The van der Waals surface area contributed by atoms with Crippen molar-refractivity contribution in [2.24, 2.45) is 16.8 Å². The Hall–Kier alpha value is -3.62. The van der Waals surface area contributed by atoms with Gasteiger partial charge in [-0.15, -0.1) is 0 Å². The van der Waals surface area contributed by atoms with Crippen LogP contribution >= 0.6 is 0 Å². The first-order chi connectivity index (χ1) is 14.9. The van der Waals surface area contributed by atoms with Crippen LogP contribution in [-0.4, -0.2) is 42.5 Å². The molecule has 0 spiro atoms. The lowest BCUT2D eigenvalue weighted by atomic mass is 10.1. The second kappa shape index (κ2) is 8.25. The summed E-state index contributed by atoms with van der Waals surface area (Å²) in [6.07, 6.45) is 2.17. The second-order valence-electron chi connectivity index (χ2n) is 7.62. The van der Waals surface area contributed by atoms with Gasteiger partial charge in [0.05, 0.1) is 35.5 Å². The SMILES string of the molecule is C=NC(=N)c1cccc(Nc2cc(NC(=O)C3CC3F)ncc2C(=O)C2CC2)c1OC. The van der Waals surface area contributed by atoms with Gasteiger partial charge in [-0.1, -0.05) is 6.07 Å². The van der Waals surface area contributed by atoms with Crippen LogP contribution in [0.5, 0.6) is 5.75 Å². The summed E-state index contributed by atoms with van der Waals surface area (Å²) in [5, 5.41) is 13.7. The number of hydrogen-bond acceptors (Lipinski definition) is 6. The number of pyridine rings is 1. The Morgan fingerprint density at radius 3 is 2.65 bits per heavy atom. The molecule has 1 aromatic heterocycles. The molecule has 8 nitrogen and oxygen atoms in total. The number of para-hydroxylation sites is 1. The molecule has 2 aliphatic carbocycles. The van der Waals surface area contributed by atoms with Gasteiger partial charge in [-0.3, -0.25) is 15.0 Å². The van der Waals surface area contributed by atoms with Crippen LogP contribution in [0, 0.1) is 17.2 Å². The van der Waals surface area contributed by atoms with Crippen LogP contribution < -0.4 is 15.4 Å². The van der Waals surface area contributed by atoms with Gasteiger partial charge < -0.3 is 15.4 Å². The summed E-state index contributed by atoms with van der Waals surface area (Å²) in [7, 11) is 1.47. The molecule has 2 aromatic rings. The van der Waals surface area contributed by atoms with Gasteiger partial charge in [0.2, 0.25) is 5.91 Å². The standard InChI is InChI=1S/C22H22FN5O3/c1-25-21(24)12-4-3-5-16(20(12)31-2)27-17-9-18(28-22(30)13-8-15(13)23)26-10-14(17)19(29)11-6-7-11/h3-5,9-11,13,15,24H,1,6-8H2,2H3,(H2,26,27,28,30). The first-order valence-corrected chi connectivity index (χ1v) is 9.91. The van der Waals surface area contributed by atoms with Gasteiger partial charge in [0.25, 0.3) is 0 Å². The zero-order valence-corrected chi connectivity index (χ0v) is 16.9. The highest BCUT2D eigenvalue weighted by Crippen LogP contribution is 2.38. The fourth-order valence-corrected chi connectivity index (χ4v) is 3.32. The zero-order chi connectivity index (χ0) is 22.1. The number of alkyl halides is 1. The third-order valence-corrected chi connectivity index (χ3v) is 5.32. The molecular weight excluding hydrogens is 401 g/mol. The molecule has 0 radical (unpaired) electrons. The second-order valence-corrected chi connectivity index (χ2v) is 7.62. The molecule has 1 amide bonds. The normalized spacial score (nSPS) is 19.3. The van der Waals surface area contributed by atoms with E-state index in [4.69, 9.17) is 10.1 Å². The van der Waals surface area contributed by atoms with E-state index in [-0.39, 0.29) is 29.8 Å². The van der Waals surface area contributed by atoms with Crippen LogP contribution in [0.15, 0.2) is 35.5 Å². The molecule has 0 aliphatic heterocycles. The van der Waals surface area contributed by atoms with Gasteiger partial charge in [0, 0.05) is 18.2 Å². The summed E-state index contributed by atoms with van der Waals surface area (Å²) < 4.78 is 18.7. The number of carbonyl (C=O) groups is 2. The van der Waals surface area contributed by atoms with E-state index in [1.54, 1.807) is 24.3 Å². The molecule has 4 rings (SSSR count). The maximum absolute atomic E-state index is 13.2. The van der Waals surface area contributed by atoms with E-state index in [1.807, 2.05) is 0 Å². The van der Waals surface area contributed by atoms with E-state index < -0.39 is 18.0 Å². The molecule has 2 fully saturated rings. The topological polar surface area (TPSA) is 117 Å². The van der Waals surface area contributed by atoms with Crippen LogP contribution in [0.1, 0.15) is 35.2 Å². The van der Waals surface area contributed by atoms with Crippen molar-refractivity contribution < 1.29 is 18.7 Å². The third-order valence-electron chi connectivity index (χ3n) is 5.32. The number of anilines is 3. The van der Waals surface area contributed by atoms with Crippen molar-refractivity contribution in [2.45, 2.75) is 25.4 Å². The molecule has 9 heteroatoms. The number of benzene rings is 1. The Kier molecular flexibility index (Phi) is 5.50. The van der Waals surface area contributed by atoms with E-state index >= 15 is 0 Å². The highest BCUT2D eigenvalue weighted by Gasteiger charge is 2.43. The van der Waals surface area contributed by atoms with Gasteiger partial charge in [-0.2, -0.15) is 0 Å². The number of nitrogens with one attached hydrogen (secondary N) is 3. The number of nitrogens with zero attached hydrogens (tertiary/aromatic N) is 2. The molecule has 2 atom stereocenters. The zero-order valence-electron chi connectivity index (χ0n) is 16.9. The number of rotatable bonds is 8. The van der Waals surface area contributed by atoms with Crippen molar-refractivity contribution in [1.29, 1.82) is 5.41 Å². The van der Waals surface area contributed by atoms with Crippen LogP contribution in [0.4, 0.5) is 21.6 Å². The van der Waals surface area contributed by atoms with Gasteiger partial charge >= 0.3 is 0 Å². The maximum Gasteiger partial charge on any atom is 0.231 e. The van der Waals surface area contributed by atoms with Crippen molar-refractivity contribution in [3.63, 3.8) is 0 Å². The fourth-order valence-electron chi connectivity index (χ4n) is 3.32. The first kappa shape index (κ1) is 20.6. The van der Waals surface area contributed by atoms with Gasteiger partial charge in [0.1, 0.15) is 12.0 Å². The summed E-state index contributed by atoms with van der Waals surface area (Å²) in [4.78, 5) is 32.7. The summed E-state index contributed by atoms with van der Waals surface area (Å²) >= 11 is 0. The number of aliphatic imine (C=N–C) groups is 1. The third kappa shape index (κ3) is 4.30. The number of ether oxygens (including phenoxy) is 1. The number of amides is 1. The first-order valence-electron chi connectivity index (χ1n) is 9.91. The lowest BCUT2D eigenvalue weighted by molar-refractivity contribution is -0.117. The Bertz CT molecular complexity index is 1080. The number of halogens is 1. The summed E-state index contributed by atoms with van der Waals surface area (Å²) in [5.41, 5.74) is 1.76. The van der Waals surface area contributed by atoms with Crippen LogP contribution in [0.25, 0.3) is 0 Å². The molecule has 1 aromatic carbocycles. The predicted octanol–water partition coefficient (Wildman–Crippen LogP) is 3.75. The van der Waals surface area contributed by atoms with Crippen LogP contribution in [0.3, 0.4) is 0 Å². The van der Waals surface area contributed by atoms with E-state index in [9.17, 15) is 14.0 Å². The number of ketones is 1. The summed E-state index contributed by atoms with van der Waals surface area (Å²) in [6.45, 7) is 3.38. The highest BCUT2D eigenvalue weighted by molar-refractivity contribution is 6.06. The average molecular weight is 423 g/mol. The van der Waals surface area contributed by atoms with E-state index in [2.05, 4.69) is 27.3 Å². The minimum Gasteiger partial charge on any atom is -0.494 e. The number of hydrogen-bond donors (Lipinski definition) is 3. The maximum atomic E-state index is 13.2. The number of carbonyl (C=O) groups excluding carboxylic acids is 2. The Labute approximate surface area is 178 Å². The van der Waals surface area contributed by atoms with Crippen LogP contribution in [-0.2, 0) is 4.79 Å². The van der Waals surface area contributed by atoms with Crippen LogP contribution in [0.2, 0.25) is 0 Å². The van der Waals surface area contributed by atoms with E-state index in [0.717, 1.165) is 12.8 Å². The number of methoxy groups -OCH3 is 1. The smallest absolute Gasteiger partial charge is 0.231 e. The number of Topliss-reactive ketones (excluding diaryl/α,β-unsaturated/α-hetero) is 1. The molecule has 2 saturated carbocycles. The molecular formula is C22H22FN5O3. The van der Waals surface area contributed by atoms with Crippen molar-refractivity contribution in [1.82, 2.24) is 4.98 Å².